The second kappa shape index (κ2) is 8.22. The van der Waals surface area contributed by atoms with Crippen LogP contribution in [0.25, 0.3) is 0 Å². The van der Waals surface area contributed by atoms with E-state index in [0.717, 1.165) is 36.3 Å². The van der Waals surface area contributed by atoms with E-state index in [2.05, 4.69) is 6.07 Å². The molecule has 1 saturated heterocycles. The molecule has 6 nitrogen and oxygen atoms in total. The maximum atomic E-state index is 12.8. The largest absolute Gasteiger partial charge is 0.490 e. The fraction of sp³-hybridized carbons (Fsp3) is 0.364. The summed E-state index contributed by atoms with van der Waals surface area (Å²) in [6, 6.07) is 14.9. The number of benzene rings is 2. The molecule has 0 saturated carbocycles. The zero-order valence-electron chi connectivity index (χ0n) is 15.6. The average molecular weight is 378 g/mol. The number of carbonyl (C=O) groups is 1. The monoisotopic (exact) mass is 378 g/mol. The standard InChI is InChI=1S/C22H22N2O4/c23-14-16-4-1-5-18(12-16)28-15-22(25)24-9-2-6-19(24)17-7-8-20-21(13-17)27-11-3-10-26-20/h1,4-5,7-8,12-13,19H,2-3,6,9-11,15H2. The first-order valence-electron chi connectivity index (χ1n) is 9.56. The van der Waals surface area contributed by atoms with E-state index in [1.165, 1.54) is 0 Å². The summed E-state index contributed by atoms with van der Waals surface area (Å²) in [5.74, 6) is 1.98. The molecule has 144 valence electrons. The van der Waals surface area contributed by atoms with Crippen LogP contribution in [0.5, 0.6) is 17.2 Å². The van der Waals surface area contributed by atoms with Gasteiger partial charge >= 0.3 is 0 Å². The Morgan fingerprint density at radius 2 is 2.00 bits per heavy atom. The third-order valence-electron chi connectivity index (χ3n) is 5.05. The van der Waals surface area contributed by atoms with E-state index in [-0.39, 0.29) is 18.6 Å². The predicted octanol–water partition coefficient (Wildman–Crippen LogP) is 3.46. The van der Waals surface area contributed by atoms with Crippen molar-refractivity contribution < 1.29 is 19.0 Å². The first kappa shape index (κ1) is 18.2. The summed E-state index contributed by atoms with van der Waals surface area (Å²) in [7, 11) is 0. The van der Waals surface area contributed by atoms with Crippen LogP contribution in [-0.4, -0.2) is 37.2 Å². The summed E-state index contributed by atoms with van der Waals surface area (Å²) in [5.41, 5.74) is 1.57. The molecule has 2 aromatic rings. The van der Waals surface area contributed by atoms with Crippen LogP contribution in [0.4, 0.5) is 0 Å². The number of nitrogens with zero attached hydrogens (tertiary/aromatic N) is 2. The maximum Gasteiger partial charge on any atom is 0.261 e. The average Bonchev–Trinajstić information content (AvgIpc) is 3.11. The number of ether oxygens (including phenoxy) is 3. The lowest BCUT2D eigenvalue weighted by Gasteiger charge is -2.25. The summed E-state index contributed by atoms with van der Waals surface area (Å²) in [5, 5.41) is 8.97. The second-order valence-electron chi connectivity index (χ2n) is 6.93. The van der Waals surface area contributed by atoms with E-state index in [0.29, 0.717) is 31.1 Å². The Bertz CT molecular complexity index is 906. The number of amides is 1. The van der Waals surface area contributed by atoms with Crippen molar-refractivity contribution in [2.24, 2.45) is 0 Å². The number of carbonyl (C=O) groups excluding carboxylic acids is 1. The fourth-order valence-corrected chi connectivity index (χ4v) is 3.68. The van der Waals surface area contributed by atoms with Crippen LogP contribution in [-0.2, 0) is 4.79 Å². The Hall–Kier alpha value is -3.20. The second-order valence-corrected chi connectivity index (χ2v) is 6.93. The molecular formula is C22H22N2O4. The van der Waals surface area contributed by atoms with Crippen molar-refractivity contribution in [3.8, 4) is 23.3 Å². The number of hydrogen-bond acceptors (Lipinski definition) is 5. The quantitative estimate of drug-likeness (QED) is 0.815. The van der Waals surface area contributed by atoms with Gasteiger partial charge < -0.3 is 19.1 Å². The van der Waals surface area contributed by atoms with Crippen molar-refractivity contribution in [1.29, 1.82) is 5.26 Å². The van der Waals surface area contributed by atoms with E-state index in [1.54, 1.807) is 24.3 Å². The van der Waals surface area contributed by atoms with Gasteiger partial charge in [0.2, 0.25) is 0 Å². The topological polar surface area (TPSA) is 71.8 Å². The summed E-state index contributed by atoms with van der Waals surface area (Å²) < 4.78 is 17.1. The molecule has 6 heteroatoms. The Morgan fingerprint density at radius 3 is 2.86 bits per heavy atom. The van der Waals surface area contributed by atoms with Gasteiger partial charge in [0, 0.05) is 13.0 Å². The molecule has 4 rings (SSSR count). The van der Waals surface area contributed by atoms with Crippen LogP contribution in [0.15, 0.2) is 42.5 Å². The smallest absolute Gasteiger partial charge is 0.261 e. The van der Waals surface area contributed by atoms with E-state index < -0.39 is 0 Å². The third kappa shape index (κ3) is 3.89. The molecule has 2 aromatic carbocycles. The van der Waals surface area contributed by atoms with Crippen LogP contribution < -0.4 is 14.2 Å². The Morgan fingerprint density at radius 1 is 1.14 bits per heavy atom. The Balaban J connectivity index is 1.45. The number of likely N-dealkylation sites (tertiary alicyclic amines) is 1. The highest BCUT2D eigenvalue weighted by Crippen LogP contribution is 2.37. The molecule has 0 spiro atoms. The van der Waals surface area contributed by atoms with Gasteiger partial charge in [0.15, 0.2) is 18.1 Å². The van der Waals surface area contributed by atoms with Gasteiger partial charge in [0.05, 0.1) is 30.9 Å². The lowest BCUT2D eigenvalue weighted by molar-refractivity contribution is -0.134. The molecule has 0 radical (unpaired) electrons. The molecule has 0 aliphatic carbocycles. The highest BCUT2D eigenvalue weighted by atomic mass is 16.5. The number of rotatable bonds is 4. The highest BCUT2D eigenvalue weighted by molar-refractivity contribution is 5.78. The van der Waals surface area contributed by atoms with Gasteiger partial charge in [0.25, 0.3) is 5.91 Å². The molecule has 2 heterocycles. The molecule has 2 aliphatic heterocycles. The van der Waals surface area contributed by atoms with Gasteiger partial charge in [-0.05, 0) is 48.7 Å². The first-order chi connectivity index (χ1) is 13.7. The van der Waals surface area contributed by atoms with Crippen LogP contribution in [0.3, 0.4) is 0 Å². The molecule has 0 N–H and O–H groups in total. The van der Waals surface area contributed by atoms with E-state index in [1.807, 2.05) is 23.1 Å². The van der Waals surface area contributed by atoms with Gasteiger partial charge in [-0.3, -0.25) is 4.79 Å². The van der Waals surface area contributed by atoms with Crippen molar-refractivity contribution in [3.63, 3.8) is 0 Å². The molecule has 1 atom stereocenters. The number of hydrogen-bond donors (Lipinski definition) is 0. The molecule has 1 unspecified atom stereocenters. The highest BCUT2D eigenvalue weighted by Gasteiger charge is 2.31. The minimum atomic E-state index is -0.0584. The molecular weight excluding hydrogens is 356 g/mol. The Labute approximate surface area is 164 Å². The van der Waals surface area contributed by atoms with Crippen LogP contribution in [0.2, 0.25) is 0 Å². The normalized spacial score (nSPS) is 18.2. The lowest BCUT2D eigenvalue weighted by Crippen LogP contribution is -2.34. The van der Waals surface area contributed by atoms with Crippen LogP contribution >= 0.6 is 0 Å². The van der Waals surface area contributed by atoms with Crippen molar-refractivity contribution in [1.82, 2.24) is 4.90 Å². The van der Waals surface area contributed by atoms with Gasteiger partial charge in [-0.1, -0.05) is 12.1 Å². The van der Waals surface area contributed by atoms with Gasteiger partial charge in [-0.2, -0.15) is 5.26 Å². The van der Waals surface area contributed by atoms with Crippen molar-refractivity contribution in [2.45, 2.75) is 25.3 Å². The zero-order valence-corrected chi connectivity index (χ0v) is 15.6. The summed E-state index contributed by atoms with van der Waals surface area (Å²) in [6.45, 7) is 1.96. The minimum absolute atomic E-state index is 0.0127. The van der Waals surface area contributed by atoms with Crippen molar-refractivity contribution in [2.75, 3.05) is 26.4 Å². The van der Waals surface area contributed by atoms with Crippen molar-refractivity contribution in [3.05, 3.63) is 53.6 Å². The van der Waals surface area contributed by atoms with Gasteiger partial charge in [-0.15, -0.1) is 0 Å². The molecule has 28 heavy (non-hydrogen) atoms. The van der Waals surface area contributed by atoms with Crippen molar-refractivity contribution >= 4 is 5.91 Å². The van der Waals surface area contributed by atoms with Gasteiger partial charge in [-0.25, -0.2) is 0 Å². The molecule has 1 amide bonds. The van der Waals surface area contributed by atoms with Crippen LogP contribution in [0, 0.1) is 11.3 Å². The summed E-state index contributed by atoms with van der Waals surface area (Å²) in [4.78, 5) is 14.6. The molecule has 1 fully saturated rings. The molecule has 2 aliphatic rings. The molecule has 0 aromatic heterocycles. The zero-order chi connectivity index (χ0) is 19.3. The predicted molar refractivity (Wildman–Crippen MR) is 102 cm³/mol. The minimum Gasteiger partial charge on any atom is -0.490 e. The fourth-order valence-electron chi connectivity index (χ4n) is 3.68. The van der Waals surface area contributed by atoms with Gasteiger partial charge in [0.1, 0.15) is 5.75 Å². The summed E-state index contributed by atoms with van der Waals surface area (Å²) in [6.07, 6.45) is 2.73. The number of fused-ring (bicyclic) bond motifs is 1. The van der Waals surface area contributed by atoms with E-state index in [9.17, 15) is 4.79 Å². The SMILES string of the molecule is N#Cc1cccc(OCC(=O)N2CCCC2c2ccc3c(c2)OCCCO3)c1. The lowest BCUT2D eigenvalue weighted by atomic mass is 10.0. The molecule has 0 bridgehead atoms. The third-order valence-corrected chi connectivity index (χ3v) is 5.05. The maximum absolute atomic E-state index is 12.8. The first-order valence-corrected chi connectivity index (χ1v) is 9.56. The number of nitriles is 1. The summed E-state index contributed by atoms with van der Waals surface area (Å²) >= 11 is 0. The van der Waals surface area contributed by atoms with E-state index >= 15 is 0 Å². The Kier molecular flexibility index (Phi) is 5.34. The van der Waals surface area contributed by atoms with E-state index in [4.69, 9.17) is 19.5 Å². The van der Waals surface area contributed by atoms with Crippen LogP contribution in [0.1, 0.15) is 36.4 Å².